The molecule has 0 spiro atoms. The monoisotopic (exact) mass is 480 g/mol. The summed E-state index contributed by atoms with van der Waals surface area (Å²) in [5.74, 6) is 0.0781. The third-order valence-corrected chi connectivity index (χ3v) is 12.6. The first-order chi connectivity index (χ1) is 16.4. The molecule has 3 heterocycles. The fourth-order valence-corrected chi connectivity index (χ4v) is 10.5. The van der Waals surface area contributed by atoms with Crippen molar-refractivity contribution in [1.29, 1.82) is 0 Å². The number of ether oxygens (including phenoxy) is 3. The summed E-state index contributed by atoms with van der Waals surface area (Å²) in [6, 6.07) is 21.0. The summed E-state index contributed by atoms with van der Waals surface area (Å²) in [7, 11) is -2.72. The molecule has 0 bridgehead atoms. The maximum atomic E-state index is 13.1. The Bertz CT molecular complexity index is 934. The van der Waals surface area contributed by atoms with Crippen LogP contribution in [0.3, 0.4) is 0 Å². The van der Waals surface area contributed by atoms with Gasteiger partial charge in [0, 0.05) is 19.4 Å². The van der Waals surface area contributed by atoms with Gasteiger partial charge in [0.05, 0.1) is 31.0 Å². The minimum absolute atomic E-state index is 0.0708. The highest BCUT2D eigenvalue weighted by Gasteiger charge is 2.52. The number of Topliss-reactive ketones (excluding diaryl/α,β-unsaturated/α-hetero) is 1. The van der Waals surface area contributed by atoms with Gasteiger partial charge in [-0.25, -0.2) is 0 Å². The fraction of sp³-hybridized carbons (Fsp3) is 0.536. The Balaban J connectivity index is 1.40. The Kier molecular flexibility index (Phi) is 6.79. The molecular formula is C28H36O5Si. The van der Waals surface area contributed by atoms with E-state index in [-0.39, 0.29) is 41.8 Å². The molecule has 5 nitrogen and oxygen atoms in total. The van der Waals surface area contributed by atoms with Gasteiger partial charge in [0.1, 0.15) is 6.10 Å². The van der Waals surface area contributed by atoms with Crippen LogP contribution in [-0.4, -0.2) is 57.8 Å². The molecule has 2 aromatic rings. The van der Waals surface area contributed by atoms with Crippen LogP contribution >= 0.6 is 0 Å². The zero-order valence-corrected chi connectivity index (χ0v) is 21.4. The molecule has 6 heteroatoms. The van der Waals surface area contributed by atoms with Crippen molar-refractivity contribution in [2.24, 2.45) is 0 Å². The van der Waals surface area contributed by atoms with Crippen LogP contribution in [0.5, 0.6) is 0 Å². The summed E-state index contributed by atoms with van der Waals surface area (Å²) in [6.07, 6.45) is 2.50. The fourth-order valence-electron chi connectivity index (χ4n) is 5.91. The number of hydrogen-bond donors (Lipinski definition) is 0. The van der Waals surface area contributed by atoms with E-state index in [0.29, 0.717) is 6.42 Å². The molecule has 0 radical (unpaired) electrons. The van der Waals surface area contributed by atoms with Crippen LogP contribution in [-0.2, 0) is 23.4 Å². The lowest BCUT2D eigenvalue weighted by Gasteiger charge is -2.47. The van der Waals surface area contributed by atoms with E-state index in [2.05, 4.69) is 69.3 Å². The van der Waals surface area contributed by atoms with Crippen LogP contribution < -0.4 is 10.4 Å². The predicted molar refractivity (Wildman–Crippen MR) is 134 cm³/mol. The molecule has 34 heavy (non-hydrogen) atoms. The van der Waals surface area contributed by atoms with Crippen molar-refractivity contribution in [3.63, 3.8) is 0 Å². The zero-order valence-electron chi connectivity index (χ0n) is 20.4. The Hall–Kier alpha value is -1.83. The number of hydrogen-bond acceptors (Lipinski definition) is 5. The predicted octanol–water partition coefficient (Wildman–Crippen LogP) is 3.63. The van der Waals surface area contributed by atoms with E-state index >= 15 is 0 Å². The summed E-state index contributed by atoms with van der Waals surface area (Å²) in [5.41, 5.74) is 0. The van der Waals surface area contributed by atoms with Crippen molar-refractivity contribution >= 4 is 24.5 Å². The molecule has 0 aliphatic carbocycles. The lowest BCUT2D eigenvalue weighted by Crippen LogP contribution is -2.67. The van der Waals surface area contributed by atoms with Crippen molar-refractivity contribution < 1.29 is 23.4 Å². The standard InChI is InChI=1S/C28H36O5Si/c1-28(2,3)34(20-11-6-4-7-12-20,21-13-8-5-9-14-21)31-19-27-22(29)17-25-26(33-27)18-24-23(32-25)15-10-16-30-24/h4-9,11-14,23-27H,10,15-19H2,1-3H3/t23-,24+,25+,26-,27+/m0/s1. The number of fused-ring (bicyclic) bond motifs is 2. The van der Waals surface area contributed by atoms with Crippen molar-refractivity contribution in [3.8, 4) is 0 Å². The van der Waals surface area contributed by atoms with Gasteiger partial charge in [-0.2, -0.15) is 0 Å². The van der Waals surface area contributed by atoms with Crippen LogP contribution in [0.25, 0.3) is 0 Å². The van der Waals surface area contributed by atoms with Gasteiger partial charge in [-0.1, -0.05) is 81.4 Å². The van der Waals surface area contributed by atoms with E-state index in [1.807, 2.05) is 12.1 Å². The minimum Gasteiger partial charge on any atom is -0.404 e. The molecule has 0 unspecified atom stereocenters. The zero-order chi connectivity index (χ0) is 23.8. The van der Waals surface area contributed by atoms with Gasteiger partial charge in [-0.3, -0.25) is 4.79 Å². The van der Waals surface area contributed by atoms with E-state index in [0.717, 1.165) is 25.9 Å². The smallest absolute Gasteiger partial charge is 0.261 e. The number of benzene rings is 2. The van der Waals surface area contributed by atoms with Crippen LogP contribution in [0.1, 0.15) is 46.5 Å². The van der Waals surface area contributed by atoms with Crippen molar-refractivity contribution in [1.82, 2.24) is 0 Å². The maximum absolute atomic E-state index is 13.1. The first-order valence-corrected chi connectivity index (χ1v) is 14.5. The van der Waals surface area contributed by atoms with Crippen LogP contribution in [0.2, 0.25) is 5.04 Å². The van der Waals surface area contributed by atoms with E-state index in [1.165, 1.54) is 10.4 Å². The lowest BCUT2D eigenvalue weighted by molar-refractivity contribution is -0.236. The highest BCUT2D eigenvalue weighted by molar-refractivity contribution is 6.99. The normalized spacial score (nSPS) is 29.9. The molecule has 2 aromatic carbocycles. The topological polar surface area (TPSA) is 54.0 Å². The second kappa shape index (κ2) is 9.67. The highest BCUT2D eigenvalue weighted by atomic mass is 28.4. The second-order valence-corrected chi connectivity index (χ2v) is 15.1. The molecule has 0 amide bonds. The number of ketones is 1. The largest absolute Gasteiger partial charge is 0.404 e. The SMILES string of the molecule is CC(C)(C)[Si](OC[C@H]1O[C@H]2C[C@H]3OCCC[C@@H]3O[C@@H]2CC1=O)(c1ccccc1)c1ccccc1. The second-order valence-electron chi connectivity index (χ2n) is 10.8. The van der Waals surface area contributed by atoms with Crippen molar-refractivity contribution in [2.75, 3.05) is 13.2 Å². The van der Waals surface area contributed by atoms with Crippen LogP contribution in [0.4, 0.5) is 0 Å². The van der Waals surface area contributed by atoms with Crippen molar-refractivity contribution in [3.05, 3.63) is 60.7 Å². The molecule has 5 atom stereocenters. The van der Waals surface area contributed by atoms with Gasteiger partial charge in [-0.05, 0) is 28.3 Å². The third-order valence-electron chi connectivity index (χ3n) is 7.58. The van der Waals surface area contributed by atoms with Crippen molar-refractivity contribution in [2.45, 2.75) is 82.0 Å². The lowest BCUT2D eigenvalue weighted by atomic mass is 9.89. The summed E-state index contributed by atoms with van der Waals surface area (Å²) >= 11 is 0. The molecule has 5 rings (SSSR count). The van der Waals surface area contributed by atoms with Gasteiger partial charge in [0.2, 0.25) is 0 Å². The first-order valence-electron chi connectivity index (χ1n) is 12.6. The highest BCUT2D eigenvalue weighted by Crippen LogP contribution is 2.38. The number of rotatable bonds is 5. The van der Waals surface area contributed by atoms with Gasteiger partial charge >= 0.3 is 0 Å². The molecule has 3 saturated heterocycles. The molecule has 0 aromatic heterocycles. The van der Waals surface area contributed by atoms with E-state index in [4.69, 9.17) is 18.6 Å². The van der Waals surface area contributed by atoms with Gasteiger partial charge in [-0.15, -0.1) is 0 Å². The van der Waals surface area contributed by atoms with Crippen LogP contribution in [0.15, 0.2) is 60.7 Å². The minimum atomic E-state index is -2.72. The summed E-state index contributed by atoms with van der Waals surface area (Å²) in [5, 5.41) is 2.26. The first kappa shape index (κ1) is 23.9. The van der Waals surface area contributed by atoms with Gasteiger partial charge in [0.25, 0.3) is 8.32 Å². The van der Waals surface area contributed by atoms with E-state index < -0.39 is 14.4 Å². The molecule has 182 valence electrons. The molecule has 0 saturated carbocycles. The molecule has 0 N–H and O–H groups in total. The molecule has 3 aliphatic heterocycles. The molecular weight excluding hydrogens is 444 g/mol. The summed E-state index contributed by atoms with van der Waals surface area (Å²) in [4.78, 5) is 13.1. The third kappa shape index (κ3) is 4.42. The number of carbonyl (C=O) groups is 1. The Morgan fingerprint density at radius 3 is 2.15 bits per heavy atom. The summed E-state index contributed by atoms with van der Waals surface area (Å²) < 4.78 is 25.6. The Morgan fingerprint density at radius 1 is 0.882 bits per heavy atom. The molecule has 3 fully saturated rings. The Morgan fingerprint density at radius 2 is 1.53 bits per heavy atom. The summed E-state index contributed by atoms with van der Waals surface area (Å²) in [6.45, 7) is 7.77. The number of carbonyl (C=O) groups excluding carboxylic acids is 1. The average Bonchev–Trinajstić information content (AvgIpc) is 2.84. The van der Waals surface area contributed by atoms with Gasteiger partial charge < -0.3 is 18.6 Å². The van der Waals surface area contributed by atoms with E-state index in [9.17, 15) is 4.79 Å². The maximum Gasteiger partial charge on any atom is 0.261 e. The quantitative estimate of drug-likeness (QED) is 0.612. The van der Waals surface area contributed by atoms with Crippen LogP contribution in [0, 0.1) is 0 Å². The van der Waals surface area contributed by atoms with E-state index in [1.54, 1.807) is 0 Å². The molecule has 3 aliphatic rings. The average molecular weight is 481 g/mol. The Labute approximate surface area is 203 Å². The van der Waals surface area contributed by atoms with Gasteiger partial charge in [0.15, 0.2) is 5.78 Å².